The van der Waals surface area contributed by atoms with Crippen LogP contribution in [0, 0.1) is 18.1 Å². The summed E-state index contributed by atoms with van der Waals surface area (Å²) in [5.41, 5.74) is 6.67. The molecule has 3 heteroatoms. The van der Waals surface area contributed by atoms with Crippen LogP contribution in [0.1, 0.15) is 32.4 Å². The van der Waals surface area contributed by atoms with Crippen LogP contribution in [0.15, 0.2) is 18.2 Å². The van der Waals surface area contributed by atoms with E-state index in [-0.39, 0.29) is 17.9 Å². The van der Waals surface area contributed by atoms with Gasteiger partial charge in [-0.3, -0.25) is 4.79 Å². The monoisotopic (exact) mass is 218 g/mol. The molecule has 3 nitrogen and oxygen atoms in total. The second-order valence-corrected chi connectivity index (χ2v) is 4.25. The molecule has 1 aromatic rings. The largest absolute Gasteiger partial charge is 0.348 e. The van der Waals surface area contributed by atoms with Crippen LogP contribution in [0.25, 0.3) is 0 Å². The van der Waals surface area contributed by atoms with Crippen molar-refractivity contribution in [2.24, 2.45) is 11.7 Å². The maximum atomic E-state index is 11.7. The Morgan fingerprint density at radius 1 is 1.44 bits per heavy atom. The summed E-state index contributed by atoms with van der Waals surface area (Å²) >= 11 is 0. The van der Waals surface area contributed by atoms with Gasteiger partial charge in [0.05, 0.1) is 12.1 Å². The van der Waals surface area contributed by atoms with Crippen molar-refractivity contribution in [3.05, 3.63) is 35.9 Å². The van der Waals surface area contributed by atoms with E-state index >= 15 is 0 Å². The van der Waals surface area contributed by atoms with E-state index in [1.807, 2.05) is 32.9 Å². The van der Waals surface area contributed by atoms with E-state index in [9.17, 15) is 4.79 Å². The van der Waals surface area contributed by atoms with Crippen molar-refractivity contribution in [1.29, 1.82) is 0 Å². The number of carbonyl (C=O) groups is 1. The lowest BCUT2D eigenvalue weighted by atomic mass is 10.0. The lowest BCUT2D eigenvalue weighted by molar-refractivity contribution is -0.123. The number of rotatable bonds is 4. The molecule has 16 heavy (non-hydrogen) atoms. The molecule has 0 radical (unpaired) electrons. The van der Waals surface area contributed by atoms with Crippen molar-refractivity contribution in [3.63, 3.8) is 0 Å². The highest BCUT2D eigenvalue weighted by Crippen LogP contribution is 2.09. The number of carbonyl (C=O) groups excluding carboxylic acids is 1. The molecule has 0 heterocycles. The first-order valence-electron chi connectivity index (χ1n) is 5.46. The summed E-state index contributed by atoms with van der Waals surface area (Å²) in [6, 6.07) is 10.8. The van der Waals surface area contributed by atoms with Crippen LogP contribution in [-0.2, 0) is 4.79 Å². The molecule has 0 saturated carbocycles. The molecular weight excluding hydrogens is 200 g/mol. The molecular formula is C13H18N2O. The smallest absolute Gasteiger partial charge is 0.237 e. The maximum absolute atomic E-state index is 11.7. The Labute approximate surface area is 97.0 Å². The van der Waals surface area contributed by atoms with Gasteiger partial charge in [-0.15, -0.1) is 0 Å². The quantitative estimate of drug-likeness (QED) is 0.803. The van der Waals surface area contributed by atoms with Crippen molar-refractivity contribution >= 4 is 5.91 Å². The van der Waals surface area contributed by atoms with Crippen LogP contribution in [0.3, 0.4) is 0 Å². The first kappa shape index (κ1) is 12.5. The van der Waals surface area contributed by atoms with Gasteiger partial charge in [0.25, 0.3) is 0 Å². The first-order chi connectivity index (χ1) is 7.52. The van der Waals surface area contributed by atoms with Crippen LogP contribution < -0.4 is 11.1 Å². The van der Waals surface area contributed by atoms with Crippen molar-refractivity contribution in [2.75, 3.05) is 0 Å². The summed E-state index contributed by atoms with van der Waals surface area (Å²) in [5, 5.41) is 2.86. The average molecular weight is 218 g/mol. The Morgan fingerprint density at radius 2 is 2.12 bits per heavy atom. The van der Waals surface area contributed by atoms with E-state index in [1.54, 1.807) is 6.07 Å². The van der Waals surface area contributed by atoms with Crippen molar-refractivity contribution in [2.45, 2.75) is 32.9 Å². The Morgan fingerprint density at radius 3 is 2.62 bits per heavy atom. The summed E-state index contributed by atoms with van der Waals surface area (Å²) in [6.45, 7) is 5.76. The molecule has 0 saturated heterocycles. The van der Waals surface area contributed by atoms with Gasteiger partial charge in [0.15, 0.2) is 0 Å². The van der Waals surface area contributed by atoms with Crippen LogP contribution in [-0.4, -0.2) is 11.9 Å². The lowest BCUT2D eigenvalue weighted by Gasteiger charge is -2.19. The summed E-state index contributed by atoms with van der Waals surface area (Å²) in [4.78, 5) is 11.7. The molecule has 0 aliphatic carbocycles. The van der Waals surface area contributed by atoms with Crippen LogP contribution >= 0.6 is 0 Å². The van der Waals surface area contributed by atoms with Crippen LogP contribution in [0.2, 0.25) is 0 Å². The molecule has 0 aliphatic heterocycles. The fourth-order valence-corrected chi connectivity index (χ4v) is 1.31. The highest BCUT2D eigenvalue weighted by Gasteiger charge is 2.19. The SMILES string of the molecule is CC(C)[C@@H](N)C(=O)N[C@H](C)c1c#cccc1. The van der Waals surface area contributed by atoms with E-state index in [1.165, 1.54) is 0 Å². The van der Waals surface area contributed by atoms with E-state index in [0.29, 0.717) is 0 Å². The Bertz CT molecular complexity index is 335. The summed E-state index contributed by atoms with van der Waals surface area (Å²) in [7, 11) is 0. The third-order valence-electron chi connectivity index (χ3n) is 2.52. The van der Waals surface area contributed by atoms with Gasteiger partial charge < -0.3 is 11.1 Å². The van der Waals surface area contributed by atoms with Gasteiger partial charge in [0.2, 0.25) is 5.91 Å². The minimum Gasteiger partial charge on any atom is -0.348 e. The molecule has 1 amide bonds. The van der Waals surface area contributed by atoms with Crippen molar-refractivity contribution in [1.82, 2.24) is 5.32 Å². The van der Waals surface area contributed by atoms with Gasteiger partial charge in [0, 0.05) is 5.56 Å². The van der Waals surface area contributed by atoms with E-state index < -0.39 is 6.04 Å². The number of hydrogen-bond acceptors (Lipinski definition) is 2. The van der Waals surface area contributed by atoms with E-state index in [2.05, 4.69) is 17.4 Å². The lowest BCUT2D eigenvalue weighted by Crippen LogP contribution is -2.44. The molecule has 0 spiro atoms. The van der Waals surface area contributed by atoms with E-state index in [4.69, 9.17) is 5.73 Å². The van der Waals surface area contributed by atoms with Crippen molar-refractivity contribution < 1.29 is 4.79 Å². The van der Waals surface area contributed by atoms with Crippen LogP contribution in [0.4, 0.5) is 0 Å². The standard InChI is InChI=1S/C13H18N2O/c1-9(2)12(14)13(16)15-10(3)11-7-5-4-6-8-11/h4-5,7,9-10,12H,14H2,1-3H3,(H,15,16)/t10-,12-/m1/s1. The Kier molecular flexibility index (Phi) is 4.33. The predicted octanol–water partition coefficient (Wildman–Crippen LogP) is 1.45. The van der Waals surface area contributed by atoms with Gasteiger partial charge in [-0.25, -0.2) is 0 Å². The third kappa shape index (κ3) is 3.25. The average Bonchev–Trinajstić information content (AvgIpc) is 2.28. The molecule has 0 aromatic heterocycles. The number of nitrogens with one attached hydrogen (secondary N) is 1. The zero-order valence-electron chi connectivity index (χ0n) is 9.95. The van der Waals surface area contributed by atoms with Crippen molar-refractivity contribution in [3.8, 4) is 0 Å². The Balaban J connectivity index is 2.58. The highest BCUT2D eigenvalue weighted by atomic mass is 16.2. The Hall–Kier alpha value is -1.53. The second-order valence-electron chi connectivity index (χ2n) is 4.25. The molecule has 2 atom stereocenters. The predicted molar refractivity (Wildman–Crippen MR) is 63.5 cm³/mol. The van der Waals surface area contributed by atoms with E-state index in [0.717, 1.165) is 5.56 Å². The molecule has 0 aliphatic rings. The summed E-state index contributed by atoms with van der Waals surface area (Å²) in [6.07, 6.45) is 0. The van der Waals surface area contributed by atoms with Gasteiger partial charge in [-0.1, -0.05) is 32.0 Å². The first-order valence-corrected chi connectivity index (χ1v) is 5.46. The fourth-order valence-electron chi connectivity index (χ4n) is 1.31. The number of nitrogens with two attached hydrogens (primary N) is 1. The minimum absolute atomic E-state index is 0.0882. The zero-order chi connectivity index (χ0) is 12.1. The second kappa shape index (κ2) is 5.53. The maximum Gasteiger partial charge on any atom is 0.237 e. The molecule has 0 fully saturated rings. The zero-order valence-corrected chi connectivity index (χ0v) is 9.95. The van der Waals surface area contributed by atoms with Gasteiger partial charge in [0.1, 0.15) is 0 Å². The van der Waals surface area contributed by atoms with Gasteiger partial charge in [-0.2, -0.15) is 0 Å². The molecule has 3 N–H and O–H groups in total. The molecule has 0 bridgehead atoms. The highest BCUT2D eigenvalue weighted by molar-refractivity contribution is 5.82. The minimum atomic E-state index is -0.463. The third-order valence-corrected chi connectivity index (χ3v) is 2.52. The number of amides is 1. The molecule has 0 unspecified atom stereocenters. The topological polar surface area (TPSA) is 55.1 Å². The van der Waals surface area contributed by atoms with Gasteiger partial charge in [-0.05, 0) is 25.0 Å². The summed E-state index contributed by atoms with van der Waals surface area (Å²) in [5.74, 6) is 0.0123. The molecule has 86 valence electrons. The fraction of sp³-hybridized carbons (Fsp3) is 0.462. The summed E-state index contributed by atoms with van der Waals surface area (Å²) < 4.78 is 0. The molecule has 1 aromatic carbocycles. The molecule has 1 rings (SSSR count). The normalized spacial score (nSPS) is 14.1. The van der Waals surface area contributed by atoms with Gasteiger partial charge >= 0.3 is 0 Å². The van der Waals surface area contributed by atoms with Crippen LogP contribution in [0.5, 0.6) is 0 Å². The number of hydrogen-bond donors (Lipinski definition) is 2.